The highest BCUT2D eigenvalue weighted by atomic mass is 79.9. The molecule has 0 amide bonds. The maximum absolute atomic E-state index is 11.5. The van der Waals surface area contributed by atoms with E-state index in [0.717, 1.165) is 11.1 Å². The van der Waals surface area contributed by atoms with Crippen LogP contribution >= 0.6 is 26.6 Å². The summed E-state index contributed by atoms with van der Waals surface area (Å²) in [6.07, 6.45) is 0. The Labute approximate surface area is 114 Å². The second-order valence-electron chi connectivity index (χ2n) is 3.65. The fourth-order valence-electron chi connectivity index (χ4n) is 1.43. The van der Waals surface area contributed by atoms with E-state index in [-0.39, 0.29) is 17.3 Å². The van der Waals surface area contributed by atoms with Crippen LogP contribution in [0.1, 0.15) is 11.1 Å². The molecular formula is C11H12BrClO3S. The summed E-state index contributed by atoms with van der Waals surface area (Å²) in [7, 11) is 1.56. The van der Waals surface area contributed by atoms with Gasteiger partial charge in [-0.2, -0.15) is 0 Å². The summed E-state index contributed by atoms with van der Waals surface area (Å²) < 4.78 is 28.9. The summed E-state index contributed by atoms with van der Waals surface area (Å²) in [6, 6.07) is 3.32. The van der Waals surface area contributed by atoms with Crippen molar-refractivity contribution >= 4 is 35.7 Å². The predicted molar refractivity (Wildman–Crippen MR) is 72.5 cm³/mol. The lowest BCUT2D eigenvalue weighted by atomic mass is 10.1. The molecule has 0 aliphatic carbocycles. The molecule has 0 saturated heterocycles. The Kier molecular flexibility index (Phi) is 4.63. The van der Waals surface area contributed by atoms with Gasteiger partial charge in [-0.3, -0.25) is 0 Å². The molecule has 0 fully saturated rings. The van der Waals surface area contributed by atoms with Gasteiger partial charge in [0.15, 0.2) is 0 Å². The van der Waals surface area contributed by atoms with Gasteiger partial charge in [0, 0.05) is 15.2 Å². The maximum atomic E-state index is 11.5. The Hall–Kier alpha value is -0.520. The van der Waals surface area contributed by atoms with Crippen LogP contribution in [0.3, 0.4) is 0 Å². The molecule has 0 N–H and O–H groups in total. The molecule has 0 atom stereocenters. The number of ether oxygens (including phenoxy) is 1. The lowest BCUT2D eigenvalue weighted by molar-refractivity contribution is 0.348. The van der Waals surface area contributed by atoms with Crippen LogP contribution in [-0.4, -0.2) is 15.0 Å². The summed E-state index contributed by atoms with van der Waals surface area (Å²) >= 11 is 3.14. The molecule has 1 rings (SSSR count). The van der Waals surface area contributed by atoms with E-state index in [0.29, 0.717) is 4.48 Å². The number of benzene rings is 1. The van der Waals surface area contributed by atoms with Gasteiger partial charge in [-0.1, -0.05) is 28.6 Å². The van der Waals surface area contributed by atoms with Crippen molar-refractivity contribution in [3.8, 4) is 5.75 Å². The molecule has 0 heterocycles. The average molecular weight is 340 g/mol. The Morgan fingerprint density at radius 3 is 2.53 bits per heavy atom. The highest BCUT2D eigenvalue weighted by Gasteiger charge is 2.19. The standard InChI is InChI=1S/C11H12BrClO3S/c1-7-4-8(2)11(16-6-9(3)12)10(5-7)17(13,14)15/h4-5H,3,6H2,1-2H3. The zero-order chi connectivity index (χ0) is 13.2. The van der Waals surface area contributed by atoms with E-state index in [4.69, 9.17) is 15.4 Å². The number of aryl methyl sites for hydroxylation is 2. The summed E-state index contributed by atoms with van der Waals surface area (Å²) in [5.74, 6) is 0.270. The fourth-order valence-corrected chi connectivity index (χ4v) is 2.66. The number of hydrogen-bond acceptors (Lipinski definition) is 3. The molecule has 0 saturated carbocycles. The van der Waals surface area contributed by atoms with Crippen LogP contribution in [0.4, 0.5) is 0 Å². The van der Waals surface area contributed by atoms with E-state index in [1.807, 2.05) is 6.07 Å². The summed E-state index contributed by atoms with van der Waals surface area (Å²) in [4.78, 5) is -0.00887. The van der Waals surface area contributed by atoms with Gasteiger partial charge in [0.25, 0.3) is 9.05 Å². The minimum absolute atomic E-state index is 0.00887. The summed E-state index contributed by atoms with van der Waals surface area (Å²) in [5, 5.41) is 0. The van der Waals surface area contributed by atoms with Crippen molar-refractivity contribution in [3.05, 3.63) is 34.3 Å². The maximum Gasteiger partial charge on any atom is 0.265 e. The first-order chi connectivity index (χ1) is 7.71. The van der Waals surface area contributed by atoms with Gasteiger partial charge in [0.2, 0.25) is 0 Å². The summed E-state index contributed by atoms with van der Waals surface area (Å²) in [5.41, 5.74) is 1.53. The molecule has 1 aromatic carbocycles. The second-order valence-corrected chi connectivity index (χ2v) is 7.31. The van der Waals surface area contributed by atoms with Crippen molar-refractivity contribution in [1.82, 2.24) is 0 Å². The van der Waals surface area contributed by atoms with Crippen LogP contribution in [0, 0.1) is 13.8 Å². The van der Waals surface area contributed by atoms with Crippen molar-refractivity contribution < 1.29 is 13.2 Å². The van der Waals surface area contributed by atoms with E-state index in [9.17, 15) is 8.42 Å². The fraction of sp³-hybridized carbons (Fsp3) is 0.273. The predicted octanol–water partition coefficient (Wildman–Crippen LogP) is 3.52. The van der Waals surface area contributed by atoms with E-state index in [2.05, 4.69) is 22.5 Å². The molecule has 0 bridgehead atoms. The first-order valence-electron chi connectivity index (χ1n) is 4.74. The van der Waals surface area contributed by atoms with E-state index >= 15 is 0 Å². The van der Waals surface area contributed by atoms with Crippen molar-refractivity contribution in [3.63, 3.8) is 0 Å². The van der Waals surface area contributed by atoms with E-state index in [1.165, 1.54) is 6.07 Å². The molecular weight excluding hydrogens is 328 g/mol. The van der Waals surface area contributed by atoms with Crippen LogP contribution < -0.4 is 4.74 Å². The molecule has 0 aliphatic heterocycles. The van der Waals surface area contributed by atoms with Gasteiger partial charge in [-0.15, -0.1) is 0 Å². The lowest BCUT2D eigenvalue weighted by Crippen LogP contribution is -2.04. The number of halogens is 2. The third-order valence-corrected chi connectivity index (χ3v) is 3.58. The van der Waals surface area contributed by atoms with Gasteiger partial charge in [0.1, 0.15) is 17.3 Å². The quantitative estimate of drug-likeness (QED) is 0.788. The van der Waals surface area contributed by atoms with Crippen molar-refractivity contribution in [2.45, 2.75) is 18.7 Å². The van der Waals surface area contributed by atoms with Gasteiger partial charge >= 0.3 is 0 Å². The molecule has 0 spiro atoms. The number of hydrogen-bond donors (Lipinski definition) is 0. The van der Waals surface area contributed by atoms with Crippen molar-refractivity contribution in [1.29, 1.82) is 0 Å². The molecule has 0 unspecified atom stereocenters. The molecule has 0 aliphatic rings. The van der Waals surface area contributed by atoms with Gasteiger partial charge in [0.05, 0.1) is 0 Å². The highest BCUT2D eigenvalue weighted by molar-refractivity contribution is 9.11. The van der Waals surface area contributed by atoms with E-state index in [1.54, 1.807) is 13.8 Å². The van der Waals surface area contributed by atoms with Crippen LogP contribution in [0.25, 0.3) is 0 Å². The number of rotatable bonds is 4. The van der Waals surface area contributed by atoms with Crippen molar-refractivity contribution in [2.75, 3.05) is 6.61 Å². The minimum atomic E-state index is -3.82. The zero-order valence-corrected chi connectivity index (χ0v) is 12.6. The Bertz CT molecular complexity index is 552. The molecule has 94 valence electrons. The largest absolute Gasteiger partial charge is 0.487 e. The van der Waals surface area contributed by atoms with Crippen LogP contribution in [-0.2, 0) is 9.05 Å². The topological polar surface area (TPSA) is 43.4 Å². The Morgan fingerprint density at radius 2 is 2.06 bits per heavy atom. The van der Waals surface area contributed by atoms with Gasteiger partial charge in [-0.05, 0) is 31.0 Å². The Morgan fingerprint density at radius 1 is 1.47 bits per heavy atom. The average Bonchev–Trinajstić information content (AvgIpc) is 2.13. The zero-order valence-electron chi connectivity index (χ0n) is 9.46. The van der Waals surface area contributed by atoms with Gasteiger partial charge in [-0.25, -0.2) is 8.42 Å². The first kappa shape index (κ1) is 14.5. The first-order valence-corrected chi connectivity index (χ1v) is 7.84. The third kappa shape index (κ3) is 4.01. The smallest absolute Gasteiger partial charge is 0.265 e. The second kappa shape index (κ2) is 5.42. The monoisotopic (exact) mass is 338 g/mol. The van der Waals surface area contributed by atoms with E-state index < -0.39 is 9.05 Å². The highest BCUT2D eigenvalue weighted by Crippen LogP contribution is 2.32. The van der Waals surface area contributed by atoms with Crippen molar-refractivity contribution in [2.24, 2.45) is 0 Å². The third-order valence-electron chi connectivity index (χ3n) is 2.02. The summed E-state index contributed by atoms with van der Waals surface area (Å²) in [6.45, 7) is 7.37. The minimum Gasteiger partial charge on any atom is -0.487 e. The molecule has 0 aromatic heterocycles. The lowest BCUT2D eigenvalue weighted by Gasteiger charge is -2.13. The van der Waals surface area contributed by atoms with Gasteiger partial charge < -0.3 is 4.74 Å². The molecule has 17 heavy (non-hydrogen) atoms. The molecule has 0 radical (unpaired) electrons. The van der Waals surface area contributed by atoms with Crippen LogP contribution in [0.15, 0.2) is 28.1 Å². The SMILES string of the molecule is C=C(Br)COc1c(C)cc(C)cc1S(=O)(=O)Cl. The van der Waals surface area contributed by atoms with Crippen LogP contribution in [0.5, 0.6) is 5.75 Å². The molecule has 6 heteroatoms. The molecule has 1 aromatic rings. The normalized spacial score (nSPS) is 11.3. The molecule has 3 nitrogen and oxygen atoms in total. The Balaban J connectivity index is 3.31. The van der Waals surface area contributed by atoms with Crippen LogP contribution in [0.2, 0.25) is 0 Å².